The Hall–Kier alpha value is -4.77. The van der Waals surface area contributed by atoms with E-state index in [1.54, 1.807) is 29.4 Å². The van der Waals surface area contributed by atoms with Crippen molar-refractivity contribution in [2.75, 3.05) is 10.2 Å². The molecule has 41 heavy (non-hydrogen) atoms. The van der Waals surface area contributed by atoms with Gasteiger partial charge in [0.1, 0.15) is 15.5 Å². The molecule has 11 heteroatoms. The molecule has 1 aliphatic heterocycles. The molecule has 4 heterocycles. The van der Waals surface area contributed by atoms with Crippen LogP contribution in [0.3, 0.4) is 0 Å². The van der Waals surface area contributed by atoms with E-state index in [1.807, 2.05) is 37.3 Å². The number of anilines is 3. The predicted molar refractivity (Wildman–Crippen MR) is 158 cm³/mol. The Balaban J connectivity index is 1.30. The maximum Gasteiger partial charge on any atom is 0.331 e. The number of benzene rings is 1. The third-order valence-electron chi connectivity index (χ3n) is 7.31. The van der Waals surface area contributed by atoms with E-state index < -0.39 is 6.03 Å². The van der Waals surface area contributed by atoms with Crippen molar-refractivity contribution >= 4 is 56.5 Å². The number of hydrogen-bond acceptors (Lipinski definition) is 7. The summed E-state index contributed by atoms with van der Waals surface area (Å²) in [6, 6.07) is 12.1. The molecule has 1 fully saturated rings. The van der Waals surface area contributed by atoms with Crippen LogP contribution in [0, 0.1) is 6.92 Å². The van der Waals surface area contributed by atoms with Crippen LogP contribution in [0.1, 0.15) is 40.9 Å². The number of carbonyl (C=O) groups excluding carboxylic acids is 3. The van der Waals surface area contributed by atoms with Gasteiger partial charge in [-0.3, -0.25) is 14.5 Å². The highest BCUT2D eigenvalue weighted by Crippen LogP contribution is 2.46. The van der Waals surface area contributed by atoms with Crippen LogP contribution < -0.4 is 25.6 Å². The Bertz CT molecular complexity index is 1670. The van der Waals surface area contributed by atoms with E-state index in [-0.39, 0.29) is 23.9 Å². The molecule has 208 valence electrons. The van der Waals surface area contributed by atoms with Crippen LogP contribution in [0.25, 0.3) is 10.2 Å². The van der Waals surface area contributed by atoms with Crippen LogP contribution in [-0.2, 0) is 4.79 Å². The van der Waals surface area contributed by atoms with E-state index in [0.29, 0.717) is 43.8 Å². The van der Waals surface area contributed by atoms with E-state index in [1.165, 1.54) is 17.4 Å². The zero-order valence-corrected chi connectivity index (χ0v) is 23.2. The number of carbonyl (C=O) groups is 3. The van der Waals surface area contributed by atoms with E-state index in [4.69, 9.17) is 4.74 Å². The van der Waals surface area contributed by atoms with Crippen molar-refractivity contribution in [2.24, 2.45) is 0 Å². The fraction of sp³-hybridized carbons (Fsp3) is 0.233. The first kappa shape index (κ1) is 26.5. The van der Waals surface area contributed by atoms with Gasteiger partial charge >= 0.3 is 6.03 Å². The summed E-state index contributed by atoms with van der Waals surface area (Å²) in [4.78, 5) is 50.5. The molecule has 4 aromatic rings. The van der Waals surface area contributed by atoms with Crippen molar-refractivity contribution in [3.05, 3.63) is 78.0 Å². The standard InChI is InChI=1S/C30H28N6O4S/c1-3-23(37)33-19-11-7-8-12-20(19)34-28(38)27-26-25-21(13-14-31-29(25)41-27)36(30(39)35-26)22-16-32-24(15-17(22)2)40-18-9-5-4-6-10-18/h3-6,9-10,13-16,19-20H,1,7-8,11-12H2,2H3,(H,33,37)(H,34,38)(H,35,39)/t19-,20-/m1/s1. The molecule has 0 radical (unpaired) electrons. The first-order valence-corrected chi connectivity index (χ1v) is 14.2. The van der Waals surface area contributed by atoms with Gasteiger partial charge in [0.25, 0.3) is 5.91 Å². The van der Waals surface area contributed by atoms with Crippen LogP contribution in [0.2, 0.25) is 0 Å². The molecule has 3 aromatic heterocycles. The minimum absolute atomic E-state index is 0.188. The first-order chi connectivity index (χ1) is 19.9. The molecule has 2 atom stereocenters. The molecular weight excluding hydrogens is 540 g/mol. The van der Waals surface area contributed by atoms with Gasteiger partial charge < -0.3 is 20.7 Å². The minimum Gasteiger partial charge on any atom is -0.439 e. The van der Waals surface area contributed by atoms with Gasteiger partial charge in [-0.05, 0) is 49.6 Å². The highest BCUT2D eigenvalue weighted by molar-refractivity contribution is 7.21. The van der Waals surface area contributed by atoms with Crippen molar-refractivity contribution in [1.29, 1.82) is 0 Å². The second kappa shape index (κ2) is 11.0. The van der Waals surface area contributed by atoms with Crippen LogP contribution in [0.4, 0.5) is 21.9 Å². The molecule has 0 spiro atoms. The molecule has 1 aromatic carbocycles. The summed E-state index contributed by atoms with van der Waals surface area (Å²) in [5.74, 6) is 0.497. The van der Waals surface area contributed by atoms with E-state index in [9.17, 15) is 14.4 Å². The lowest BCUT2D eigenvalue weighted by atomic mass is 9.90. The van der Waals surface area contributed by atoms with Gasteiger partial charge in [0.2, 0.25) is 11.8 Å². The Morgan fingerprint density at radius 1 is 1.10 bits per heavy atom. The van der Waals surface area contributed by atoms with Crippen LogP contribution in [-0.4, -0.2) is 39.9 Å². The largest absolute Gasteiger partial charge is 0.439 e. The molecular formula is C30H28N6O4S. The van der Waals surface area contributed by atoms with Crippen molar-refractivity contribution in [1.82, 2.24) is 20.6 Å². The molecule has 0 saturated heterocycles. The average Bonchev–Trinajstić information content (AvgIpc) is 3.35. The van der Waals surface area contributed by atoms with Gasteiger partial charge in [0.15, 0.2) is 0 Å². The smallest absolute Gasteiger partial charge is 0.331 e. The van der Waals surface area contributed by atoms with Crippen molar-refractivity contribution in [3.63, 3.8) is 0 Å². The summed E-state index contributed by atoms with van der Waals surface area (Å²) in [7, 11) is 0. The zero-order valence-electron chi connectivity index (χ0n) is 22.3. The lowest BCUT2D eigenvalue weighted by Crippen LogP contribution is -2.52. The number of nitrogens with one attached hydrogen (secondary N) is 3. The van der Waals surface area contributed by atoms with Gasteiger partial charge in [-0.2, -0.15) is 0 Å². The van der Waals surface area contributed by atoms with E-state index in [2.05, 4.69) is 32.5 Å². The summed E-state index contributed by atoms with van der Waals surface area (Å²) in [6.45, 7) is 5.41. The van der Waals surface area contributed by atoms with Crippen molar-refractivity contribution in [3.8, 4) is 11.6 Å². The maximum atomic E-state index is 13.5. The third-order valence-corrected chi connectivity index (χ3v) is 8.41. The van der Waals surface area contributed by atoms with Gasteiger partial charge in [-0.15, -0.1) is 11.3 Å². The summed E-state index contributed by atoms with van der Waals surface area (Å²) in [5.41, 5.74) is 2.41. The predicted octanol–water partition coefficient (Wildman–Crippen LogP) is 5.82. The Morgan fingerprint density at radius 3 is 2.59 bits per heavy atom. The zero-order chi connectivity index (χ0) is 28.5. The number of rotatable bonds is 7. The van der Waals surface area contributed by atoms with Crippen LogP contribution >= 0.6 is 11.3 Å². The molecule has 6 rings (SSSR count). The fourth-order valence-electron chi connectivity index (χ4n) is 5.36. The molecule has 1 saturated carbocycles. The molecule has 1 aliphatic carbocycles. The molecule has 0 unspecified atom stereocenters. The molecule has 3 N–H and O–H groups in total. The van der Waals surface area contributed by atoms with Gasteiger partial charge in [-0.25, -0.2) is 14.8 Å². The van der Waals surface area contributed by atoms with E-state index >= 15 is 0 Å². The number of ether oxygens (including phenoxy) is 1. The third kappa shape index (κ3) is 5.11. The van der Waals surface area contributed by atoms with Gasteiger partial charge in [0.05, 0.1) is 28.6 Å². The summed E-state index contributed by atoms with van der Waals surface area (Å²) in [5, 5.41) is 9.64. The number of thiophene rings is 1. The monoisotopic (exact) mass is 568 g/mol. The number of hydrogen-bond donors (Lipinski definition) is 3. The van der Waals surface area contributed by atoms with Gasteiger partial charge in [0, 0.05) is 24.3 Å². The molecule has 10 nitrogen and oxygen atoms in total. The van der Waals surface area contributed by atoms with E-state index in [0.717, 1.165) is 31.2 Å². The van der Waals surface area contributed by atoms with Crippen molar-refractivity contribution in [2.45, 2.75) is 44.7 Å². The lowest BCUT2D eigenvalue weighted by Gasteiger charge is -2.32. The quantitative estimate of drug-likeness (QED) is 0.241. The number of para-hydroxylation sites is 1. The maximum absolute atomic E-state index is 13.5. The summed E-state index contributed by atoms with van der Waals surface area (Å²) < 4.78 is 5.86. The highest BCUT2D eigenvalue weighted by Gasteiger charge is 2.35. The summed E-state index contributed by atoms with van der Waals surface area (Å²) >= 11 is 1.22. The van der Waals surface area contributed by atoms with Crippen LogP contribution in [0.15, 0.2) is 67.5 Å². The van der Waals surface area contributed by atoms with Gasteiger partial charge in [-0.1, -0.05) is 37.6 Å². The Labute approximate surface area is 240 Å². The normalized spacial score (nSPS) is 18.0. The topological polar surface area (TPSA) is 126 Å². The number of urea groups is 1. The number of amides is 4. The molecule has 4 amide bonds. The van der Waals surface area contributed by atoms with Crippen LogP contribution in [0.5, 0.6) is 11.6 Å². The number of pyridine rings is 2. The highest BCUT2D eigenvalue weighted by atomic mass is 32.1. The fourth-order valence-corrected chi connectivity index (χ4v) is 6.38. The number of aryl methyl sites for hydroxylation is 1. The first-order valence-electron chi connectivity index (χ1n) is 13.4. The summed E-state index contributed by atoms with van der Waals surface area (Å²) in [6.07, 6.45) is 7.89. The Morgan fingerprint density at radius 2 is 1.85 bits per heavy atom. The SMILES string of the molecule is C=CC(=O)N[C@@H]1CCCC[C@H]1NC(=O)c1sc2nccc3c2c1NC(=O)N3c1cnc(Oc2ccccc2)cc1C. The van der Waals surface area contributed by atoms with Crippen molar-refractivity contribution < 1.29 is 19.1 Å². The second-order valence-electron chi connectivity index (χ2n) is 9.99. The molecule has 2 aliphatic rings. The Kier molecular flexibility index (Phi) is 7.10. The lowest BCUT2D eigenvalue weighted by molar-refractivity contribution is -0.117. The molecule has 0 bridgehead atoms. The number of nitrogens with zero attached hydrogens (tertiary/aromatic N) is 3. The average molecular weight is 569 g/mol. The minimum atomic E-state index is -0.409. The number of aromatic nitrogens is 2. The second-order valence-corrected chi connectivity index (χ2v) is 11.0.